The first-order valence-electron chi connectivity index (χ1n) is 6.53. The molecular weight excluding hydrogens is 250 g/mol. The molecule has 0 aliphatic carbocycles. The zero-order valence-electron chi connectivity index (χ0n) is 11.6. The standard InChI is InChI=1S/C16H17N3O/c1-12(2)20-16-7-6-13(10-17)9-15(16)19-11-14-5-3-4-8-18-14/h3-9,12,19H,11H2,1-2H3. The molecule has 2 rings (SSSR count). The average Bonchev–Trinajstić information content (AvgIpc) is 2.47. The van der Waals surface area contributed by atoms with E-state index in [2.05, 4.69) is 16.4 Å². The number of hydrogen-bond donors (Lipinski definition) is 1. The first-order valence-corrected chi connectivity index (χ1v) is 6.53. The minimum absolute atomic E-state index is 0.0818. The van der Waals surface area contributed by atoms with Crippen molar-refractivity contribution in [1.29, 1.82) is 5.26 Å². The fourth-order valence-corrected chi connectivity index (χ4v) is 1.78. The molecule has 1 aromatic carbocycles. The summed E-state index contributed by atoms with van der Waals surface area (Å²) in [5.74, 6) is 0.745. The lowest BCUT2D eigenvalue weighted by Gasteiger charge is -2.15. The minimum Gasteiger partial charge on any atom is -0.489 e. The van der Waals surface area contributed by atoms with E-state index >= 15 is 0 Å². The van der Waals surface area contributed by atoms with Gasteiger partial charge in [0.1, 0.15) is 5.75 Å². The van der Waals surface area contributed by atoms with Gasteiger partial charge in [-0.3, -0.25) is 4.98 Å². The molecule has 0 radical (unpaired) electrons. The van der Waals surface area contributed by atoms with Crippen LogP contribution in [-0.2, 0) is 6.54 Å². The number of aromatic nitrogens is 1. The maximum atomic E-state index is 8.99. The van der Waals surface area contributed by atoms with Gasteiger partial charge in [-0.05, 0) is 44.2 Å². The van der Waals surface area contributed by atoms with Crippen LogP contribution in [0.2, 0.25) is 0 Å². The van der Waals surface area contributed by atoms with Crippen molar-refractivity contribution in [2.75, 3.05) is 5.32 Å². The summed E-state index contributed by atoms with van der Waals surface area (Å²) in [6.45, 7) is 4.53. The van der Waals surface area contributed by atoms with Crippen molar-refractivity contribution >= 4 is 5.69 Å². The second-order valence-electron chi connectivity index (χ2n) is 4.66. The number of pyridine rings is 1. The summed E-state index contributed by atoms with van der Waals surface area (Å²) in [5, 5.41) is 12.3. The monoisotopic (exact) mass is 267 g/mol. The first-order chi connectivity index (χ1) is 9.69. The third kappa shape index (κ3) is 3.72. The van der Waals surface area contributed by atoms with Crippen LogP contribution in [0.3, 0.4) is 0 Å². The van der Waals surface area contributed by atoms with Crippen LogP contribution in [-0.4, -0.2) is 11.1 Å². The maximum absolute atomic E-state index is 8.99. The molecule has 1 aromatic heterocycles. The lowest BCUT2D eigenvalue weighted by atomic mass is 10.2. The number of nitrogens with one attached hydrogen (secondary N) is 1. The summed E-state index contributed by atoms with van der Waals surface area (Å²) in [6.07, 6.45) is 1.84. The molecule has 0 aliphatic rings. The van der Waals surface area contributed by atoms with E-state index in [1.807, 2.05) is 38.1 Å². The van der Waals surface area contributed by atoms with E-state index in [1.165, 1.54) is 0 Å². The summed E-state index contributed by atoms with van der Waals surface area (Å²) in [7, 11) is 0. The Bertz CT molecular complexity index is 603. The predicted molar refractivity (Wildman–Crippen MR) is 78.5 cm³/mol. The smallest absolute Gasteiger partial charge is 0.142 e. The molecule has 102 valence electrons. The fourth-order valence-electron chi connectivity index (χ4n) is 1.78. The minimum atomic E-state index is 0.0818. The number of anilines is 1. The molecule has 4 nitrogen and oxygen atoms in total. The fraction of sp³-hybridized carbons (Fsp3) is 0.250. The number of benzene rings is 1. The van der Waals surface area contributed by atoms with Gasteiger partial charge in [-0.2, -0.15) is 5.26 Å². The van der Waals surface area contributed by atoms with Crippen molar-refractivity contribution in [2.45, 2.75) is 26.5 Å². The highest BCUT2D eigenvalue weighted by Gasteiger charge is 2.07. The van der Waals surface area contributed by atoms with Gasteiger partial charge >= 0.3 is 0 Å². The Morgan fingerprint density at radius 2 is 2.15 bits per heavy atom. The van der Waals surface area contributed by atoms with Gasteiger partial charge in [0.05, 0.1) is 35.7 Å². The van der Waals surface area contributed by atoms with Crippen LogP contribution in [0.5, 0.6) is 5.75 Å². The molecule has 0 amide bonds. The van der Waals surface area contributed by atoms with E-state index in [0.29, 0.717) is 12.1 Å². The quantitative estimate of drug-likeness (QED) is 0.902. The van der Waals surface area contributed by atoms with E-state index in [4.69, 9.17) is 10.00 Å². The molecule has 0 atom stereocenters. The number of hydrogen-bond acceptors (Lipinski definition) is 4. The Morgan fingerprint density at radius 1 is 1.30 bits per heavy atom. The largest absolute Gasteiger partial charge is 0.489 e. The lowest BCUT2D eigenvalue weighted by Crippen LogP contribution is -2.09. The van der Waals surface area contributed by atoms with Crippen LogP contribution in [0.15, 0.2) is 42.6 Å². The van der Waals surface area contributed by atoms with Crippen molar-refractivity contribution in [2.24, 2.45) is 0 Å². The van der Waals surface area contributed by atoms with Crippen molar-refractivity contribution in [3.05, 3.63) is 53.9 Å². The molecule has 1 N–H and O–H groups in total. The molecule has 1 heterocycles. The highest BCUT2D eigenvalue weighted by Crippen LogP contribution is 2.27. The number of rotatable bonds is 5. The van der Waals surface area contributed by atoms with E-state index in [-0.39, 0.29) is 6.10 Å². The van der Waals surface area contributed by atoms with E-state index in [0.717, 1.165) is 17.1 Å². The van der Waals surface area contributed by atoms with Crippen LogP contribution >= 0.6 is 0 Å². The molecule has 4 heteroatoms. The summed E-state index contributed by atoms with van der Waals surface area (Å²) in [6, 6.07) is 13.3. The van der Waals surface area contributed by atoms with Gasteiger partial charge in [-0.15, -0.1) is 0 Å². The normalized spacial score (nSPS) is 10.1. The average molecular weight is 267 g/mol. The van der Waals surface area contributed by atoms with Gasteiger partial charge in [0.25, 0.3) is 0 Å². The third-order valence-electron chi connectivity index (χ3n) is 2.66. The van der Waals surface area contributed by atoms with Gasteiger partial charge in [0.15, 0.2) is 0 Å². The van der Waals surface area contributed by atoms with E-state index in [1.54, 1.807) is 18.3 Å². The van der Waals surface area contributed by atoms with Crippen LogP contribution in [0.4, 0.5) is 5.69 Å². The summed E-state index contributed by atoms with van der Waals surface area (Å²) in [4.78, 5) is 4.26. The zero-order chi connectivity index (χ0) is 14.4. The van der Waals surface area contributed by atoms with Crippen molar-refractivity contribution in [3.63, 3.8) is 0 Å². The Hall–Kier alpha value is -2.54. The van der Waals surface area contributed by atoms with Crippen LogP contribution in [0.1, 0.15) is 25.1 Å². The number of nitriles is 1. The molecule has 0 saturated carbocycles. The van der Waals surface area contributed by atoms with Gasteiger partial charge < -0.3 is 10.1 Å². The molecule has 2 aromatic rings. The van der Waals surface area contributed by atoms with Crippen LogP contribution in [0.25, 0.3) is 0 Å². The van der Waals surface area contributed by atoms with E-state index < -0.39 is 0 Å². The van der Waals surface area contributed by atoms with Gasteiger partial charge in [0.2, 0.25) is 0 Å². The summed E-state index contributed by atoms with van der Waals surface area (Å²) in [5.41, 5.74) is 2.35. The highest BCUT2D eigenvalue weighted by molar-refractivity contribution is 5.60. The van der Waals surface area contributed by atoms with Crippen molar-refractivity contribution < 1.29 is 4.74 Å². The summed E-state index contributed by atoms with van der Waals surface area (Å²) >= 11 is 0. The van der Waals surface area contributed by atoms with Crippen LogP contribution in [0, 0.1) is 11.3 Å². The molecule has 0 bridgehead atoms. The second kappa shape index (κ2) is 6.58. The predicted octanol–water partition coefficient (Wildman–Crippen LogP) is 3.35. The number of ether oxygens (including phenoxy) is 1. The van der Waals surface area contributed by atoms with Gasteiger partial charge in [-0.25, -0.2) is 0 Å². The Morgan fingerprint density at radius 3 is 2.80 bits per heavy atom. The maximum Gasteiger partial charge on any atom is 0.142 e. The molecule has 0 fully saturated rings. The van der Waals surface area contributed by atoms with E-state index in [9.17, 15) is 0 Å². The molecule has 0 saturated heterocycles. The lowest BCUT2D eigenvalue weighted by molar-refractivity contribution is 0.243. The first kappa shape index (κ1) is 13.9. The molecule has 20 heavy (non-hydrogen) atoms. The van der Waals surface area contributed by atoms with Crippen LogP contribution < -0.4 is 10.1 Å². The Labute approximate surface area is 119 Å². The third-order valence-corrected chi connectivity index (χ3v) is 2.66. The van der Waals surface area contributed by atoms with Crippen molar-refractivity contribution in [1.82, 2.24) is 4.98 Å². The zero-order valence-corrected chi connectivity index (χ0v) is 11.6. The molecule has 0 spiro atoms. The molecule has 0 aliphatic heterocycles. The highest BCUT2D eigenvalue weighted by atomic mass is 16.5. The number of nitrogens with zero attached hydrogens (tertiary/aromatic N) is 2. The van der Waals surface area contributed by atoms with Gasteiger partial charge in [0, 0.05) is 6.20 Å². The van der Waals surface area contributed by atoms with Gasteiger partial charge in [-0.1, -0.05) is 6.07 Å². The second-order valence-corrected chi connectivity index (χ2v) is 4.66. The topological polar surface area (TPSA) is 57.9 Å². The Kier molecular flexibility index (Phi) is 4.56. The SMILES string of the molecule is CC(C)Oc1ccc(C#N)cc1NCc1ccccn1. The Balaban J connectivity index is 2.17. The summed E-state index contributed by atoms with van der Waals surface area (Å²) < 4.78 is 5.74. The van der Waals surface area contributed by atoms with Crippen molar-refractivity contribution in [3.8, 4) is 11.8 Å². The molecular formula is C16H17N3O. The molecule has 0 unspecified atom stereocenters.